The summed E-state index contributed by atoms with van der Waals surface area (Å²) in [4.78, 5) is 26.0. The quantitative estimate of drug-likeness (QED) is 0.742. The molecule has 5 heteroatoms. The topological polar surface area (TPSA) is 61.4 Å². The average Bonchev–Trinajstić information content (AvgIpc) is 2.44. The van der Waals surface area contributed by atoms with Crippen LogP contribution in [0.15, 0.2) is 0 Å². The van der Waals surface area contributed by atoms with Gasteiger partial charge in [-0.1, -0.05) is 13.8 Å². The van der Waals surface area contributed by atoms with E-state index in [1.54, 1.807) is 0 Å². The normalized spacial score (nSPS) is 21.0. The van der Waals surface area contributed by atoms with E-state index in [2.05, 4.69) is 10.6 Å². The lowest BCUT2D eigenvalue weighted by molar-refractivity contribution is -0.138. The fraction of sp³-hybridized carbons (Fsp3) is 0.857. The number of nitrogens with one attached hydrogen (secondary N) is 2. The zero-order valence-electron chi connectivity index (χ0n) is 12.4. The minimum Gasteiger partial charge on any atom is -0.356 e. The van der Waals surface area contributed by atoms with Crippen LogP contribution in [-0.2, 0) is 9.59 Å². The third-order valence-electron chi connectivity index (χ3n) is 3.58. The second-order valence-corrected chi connectivity index (χ2v) is 5.37. The highest BCUT2D eigenvalue weighted by Crippen LogP contribution is 2.18. The van der Waals surface area contributed by atoms with Gasteiger partial charge in [0.2, 0.25) is 11.8 Å². The van der Waals surface area contributed by atoms with E-state index in [-0.39, 0.29) is 23.7 Å². The smallest absolute Gasteiger partial charge is 0.226 e. The molecule has 1 aliphatic heterocycles. The SMILES string of the molecule is CCCNC(=O)C1CCCN(C(=O)C(C)CNC)C1. The Morgan fingerprint density at radius 3 is 2.79 bits per heavy atom. The van der Waals surface area contributed by atoms with Crippen molar-refractivity contribution < 1.29 is 9.59 Å². The number of nitrogens with zero attached hydrogens (tertiary/aromatic N) is 1. The Morgan fingerprint density at radius 2 is 2.16 bits per heavy atom. The molecule has 0 radical (unpaired) electrons. The Labute approximate surface area is 116 Å². The number of carbonyl (C=O) groups is 2. The van der Waals surface area contributed by atoms with Gasteiger partial charge in [0, 0.05) is 32.1 Å². The van der Waals surface area contributed by atoms with Crippen molar-refractivity contribution in [3.05, 3.63) is 0 Å². The lowest BCUT2D eigenvalue weighted by atomic mass is 9.96. The molecule has 0 aliphatic carbocycles. The summed E-state index contributed by atoms with van der Waals surface area (Å²) in [7, 11) is 1.85. The van der Waals surface area contributed by atoms with Gasteiger partial charge < -0.3 is 15.5 Å². The minimum absolute atomic E-state index is 0.0255. The van der Waals surface area contributed by atoms with Crippen molar-refractivity contribution in [1.29, 1.82) is 0 Å². The third kappa shape index (κ3) is 4.82. The largest absolute Gasteiger partial charge is 0.356 e. The van der Waals surface area contributed by atoms with Crippen LogP contribution in [0.1, 0.15) is 33.1 Å². The lowest BCUT2D eigenvalue weighted by Crippen LogP contribution is -2.48. The number of hydrogen-bond acceptors (Lipinski definition) is 3. The molecule has 0 spiro atoms. The molecular weight excluding hydrogens is 242 g/mol. The standard InChI is InChI=1S/C14H27N3O2/c1-4-7-16-13(18)12-6-5-8-17(10-12)14(19)11(2)9-15-3/h11-12,15H,4-10H2,1-3H3,(H,16,18). The zero-order valence-corrected chi connectivity index (χ0v) is 12.4. The summed E-state index contributed by atoms with van der Waals surface area (Å²) in [6, 6.07) is 0. The second kappa shape index (κ2) is 8.15. The Bertz CT molecular complexity index is 307. The summed E-state index contributed by atoms with van der Waals surface area (Å²) in [5.41, 5.74) is 0. The highest BCUT2D eigenvalue weighted by atomic mass is 16.2. The van der Waals surface area contributed by atoms with Gasteiger partial charge in [-0.2, -0.15) is 0 Å². The molecule has 5 nitrogen and oxygen atoms in total. The lowest BCUT2D eigenvalue weighted by Gasteiger charge is -2.33. The molecule has 1 fully saturated rings. The summed E-state index contributed by atoms with van der Waals surface area (Å²) in [5, 5.41) is 5.95. The maximum atomic E-state index is 12.2. The average molecular weight is 269 g/mol. The summed E-state index contributed by atoms with van der Waals surface area (Å²) in [5.74, 6) is 0.191. The molecule has 1 rings (SSSR count). The van der Waals surface area contributed by atoms with E-state index in [9.17, 15) is 9.59 Å². The van der Waals surface area contributed by atoms with Crippen LogP contribution in [0.2, 0.25) is 0 Å². The van der Waals surface area contributed by atoms with Crippen LogP contribution >= 0.6 is 0 Å². The molecule has 1 heterocycles. The predicted molar refractivity (Wildman–Crippen MR) is 75.7 cm³/mol. The van der Waals surface area contributed by atoms with E-state index < -0.39 is 0 Å². The fourth-order valence-corrected chi connectivity index (χ4v) is 2.49. The molecule has 0 aromatic rings. The highest BCUT2D eigenvalue weighted by Gasteiger charge is 2.29. The van der Waals surface area contributed by atoms with Gasteiger partial charge in [-0.05, 0) is 26.3 Å². The second-order valence-electron chi connectivity index (χ2n) is 5.37. The molecule has 2 amide bonds. The highest BCUT2D eigenvalue weighted by molar-refractivity contribution is 5.82. The zero-order chi connectivity index (χ0) is 14.3. The van der Waals surface area contributed by atoms with Crippen LogP contribution in [0.4, 0.5) is 0 Å². The number of carbonyl (C=O) groups excluding carboxylic acids is 2. The molecule has 1 saturated heterocycles. The van der Waals surface area contributed by atoms with Gasteiger partial charge in [-0.25, -0.2) is 0 Å². The summed E-state index contributed by atoms with van der Waals surface area (Å²) in [6.07, 6.45) is 2.75. The molecule has 0 bridgehead atoms. The Kier molecular flexibility index (Phi) is 6.84. The summed E-state index contributed by atoms with van der Waals surface area (Å²) in [6.45, 7) is 6.73. The van der Waals surface area contributed by atoms with Gasteiger partial charge >= 0.3 is 0 Å². The molecule has 19 heavy (non-hydrogen) atoms. The van der Waals surface area contributed by atoms with Gasteiger partial charge in [-0.3, -0.25) is 9.59 Å². The van der Waals surface area contributed by atoms with Crippen LogP contribution in [-0.4, -0.2) is 49.9 Å². The first-order valence-electron chi connectivity index (χ1n) is 7.31. The third-order valence-corrected chi connectivity index (χ3v) is 3.58. The number of amides is 2. The van der Waals surface area contributed by atoms with Gasteiger partial charge in [0.15, 0.2) is 0 Å². The summed E-state index contributed by atoms with van der Waals surface area (Å²) >= 11 is 0. The monoisotopic (exact) mass is 269 g/mol. The van der Waals surface area contributed by atoms with Crippen molar-refractivity contribution in [1.82, 2.24) is 15.5 Å². The van der Waals surface area contributed by atoms with E-state index in [1.165, 1.54) is 0 Å². The Morgan fingerprint density at radius 1 is 1.42 bits per heavy atom. The van der Waals surface area contributed by atoms with Crippen molar-refractivity contribution >= 4 is 11.8 Å². The maximum absolute atomic E-state index is 12.2. The molecule has 2 atom stereocenters. The first kappa shape index (κ1) is 16.0. The van der Waals surface area contributed by atoms with E-state index >= 15 is 0 Å². The van der Waals surface area contributed by atoms with Crippen molar-refractivity contribution in [2.75, 3.05) is 33.2 Å². The van der Waals surface area contributed by atoms with Gasteiger partial charge in [0.25, 0.3) is 0 Å². The minimum atomic E-state index is -0.0361. The van der Waals surface area contributed by atoms with Gasteiger partial charge in [0.05, 0.1) is 5.92 Å². The Hall–Kier alpha value is -1.10. The van der Waals surface area contributed by atoms with E-state index in [0.717, 1.165) is 32.4 Å². The fourth-order valence-electron chi connectivity index (χ4n) is 2.49. The first-order chi connectivity index (χ1) is 9.10. The van der Waals surface area contributed by atoms with Crippen molar-refractivity contribution in [3.8, 4) is 0 Å². The van der Waals surface area contributed by atoms with Crippen LogP contribution < -0.4 is 10.6 Å². The van der Waals surface area contributed by atoms with Crippen LogP contribution in [0.3, 0.4) is 0 Å². The number of hydrogen-bond donors (Lipinski definition) is 2. The predicted octanol–water partition coefficient (Wildman–Crippen LogP) is 0.607. The van der Waals surface area contributed by atoms with Gasteiger partial charge in [-0.15, -0.1) is 0 Å². The van der Waals surface area contributed by atoms with Crippen molar-refractivity contribution in [2.45, 2.75) is 33.1 Å². The molecule has 1 aliphatic rings. The molecule has 0 aromatic heterocycles. The molecular formula is C14H27N3O2. The van der Waals surface area contributed by atoms with E-state index in [1.807, 2.05) is 25.8 Å². The summed E-state index contributed by atoms with van der Waals surface area (Å²) < 4.78 is 0. The number of rotatable bonds is 6. The molecule has 2 N–H and O–H groups in total. The van der Waals surface area contributed by atoms with Crippen molar-refractivity contribution in [3.63, 3.8) is 0 Å². The van der Waals surface area contributed by atoms with Crippen LogP contribution in [0.25, 0.3) is 0 Å². The van der Waals surface area contributed by atoms with Crippen LogP contribution in [0.5, 0.6) is 0 Å². The number of likely N-dealkylation sites (tertiary alicyclic amines) is 1. The first-order valence-corrected chi connectivity index (χ1v) is 7.31. The maximum Gasteiger partial charge on any atom is 0.226 e. The Balaban J connectivity index is 2.49. The number of piperidine rings is 1. The van der Waals surface area contributed by atoms with Gasteiger partial charge in [0.1, 0.15) is 0 Å². The molecule has 110 valence electrons. The van der Waals surface area contributed by atoms with E-state index in [0.29, 0.717) is 13.1 Å². The molecule has 0 saturated carbocycles. The van der Waals surface area contributed by atoms with E-state index in [4.69, 9.17) is 0 Å². The molecule has 2 unspecified atom stereocenters. The van der Waals surface area contributed by atoms with Crippen LogP contribution in [0, 0.1) is 11.8 Å². The van der Waals surface area contributed by atoms with Crippen molar-refractivity contribution in [2.24, 2.45) is 11.8 Å². The molecule has 0 aromatic carbocycles.